The van der Waals surface area contributed by atoms with Crippen LogP contribution in [0.15, 0.2) is 72.8 Å². The largest absolute Gasteiger partial charge is 0.454 e. The Labute approximate surface area is 214 Å². The van der Waals surface area contributed by atoms with Crippen LogP contribution < -0.4 is 15.5 Å². The number of anilines is 3. The van der Waals surface area contributed by atoms with Gasteiger partial charge in [0, 0.05) is 40.3 Å². The summed E-state index contributed by atoms with van der Waals surface area (Å²) in [5.74, 6) is -1.92. The monoisotopic (exact) mass is 504 g/mol. The van der Waals surface area contributed by atoms with E-state index in [4.69, 9.17) is 4.74 Å². The summed E-state index contributed by atoms with van der Waals surface area (Å²) in [6.07, 6.45) is 0. The zero-order chi connectivity index (χ0) is 26.9. The lowest BCUT2D eigenvalue weighted by molar-refractivity contribution is -0.385. The Hall–Kier alpha value is -4.73. The van der Waals surface area contributed by atoms with Gasteiger partial charge in [-0.05, 0) is 69.3 Å². The maximum atomic E-state index is 12.2. The number of esters is 1. The Bertz CT molecular complexity index is 1280. The highest BCUT2D eigenvalue weighted by molar-refractivity contribution is 5.97. The molecule has 0 aliphatic heterocycles. The minimum Gasteiger partial charge on any atom is -0.454 e. The van der Waals surface area contributed by atoms with Crippen molar-refractivity contribution in [1.82, 2.24) is 5.32 Å². The maximum absolute atomic E-state index is 12.2. The number of carbonyl (C=O) groups is 3. The zero-order valence-corrected chi connectivity index (χ0v) is 20.8. The van der Waals surface area contributed by atoms with Gasteiger partial charge in [-0.3, -0.25) is 24.5 Å². The average molecular weight is 505 g/mol. The first kappa shape index (κ1) is 26.9. The molecule has 0 aliphatic rings. The van der Waals surface area contributed by atoms with Crippen LogP contribution in [0.25, 0.3) is 0 Å². The van der Waals surface area contributed by atoms with Crippen LogP contribution >= 0.6 is 0 Å². The van der Waals surface area contributed by atoms with Crippen LogP contribution in [0.4, 0.5) is 22.7 Å². The smallest absolute Gasteiger partial charge is 0.325 e. The highest BCUT2D eigenvalue weighted by atomic mass is 16.6. The standard InChI is InChI=1S/C27H28N4O6/c1-18(2)30(22-7-5-4-6-8-22)23-12-10-21(11-13-23)29-25(32)17-37-26(33)16-28-27(34)20-9-14-24(31(35)36)19(3)15-20/h4-15,18H,16-17H2,1-3H3,(H,28,34)(H,29,32). The number of nitro groups is 1. The van der Waals surface area contributed by atoms with Crippen LogP contribution in [0.2, 0.25) is 0 Å². The average Bonchev–Trinajstić information content (AvgIpc) is 2.87. The van der Waals surface area contributed by atoms with Crippen LogP contribution in [0.1, 0.15) is 29.8 Å². The Morgan fingerprint density at radius 3 is 2.22 bits per heavy atom. The summed E-state index contributed by atoms with van der Waals surface area (Å²) in [5, 5.41) is 15.9. The van der Waals surface area contributed by atoms with Gasteiger partial charge in [0.25, 0.3) is 17.5 Å². The maximum Gasteiger partial charge on any atom is 0.325 e. The van der Waals surface area contributed by atoms with Crippen molar-refractivity contribution in [2.75, 3.05) is 23.4 Å². The molecule has 0 spiro atoms. The van der Waals surface area contributed by atoms with E-state index in [9.17, 15) is 24.5 Å². The second-order valence-electron chi connectivity index (χ2n) is 8.50. The third kappa shape index (κ3) is 7.38. The van der Waals surface area contributed by atoms with Crippen LogP contribution in [0.3, 0.4) is 0 Å². The second-order valence-corrected chi connectivity index (χ2v) is 8.50. The van der Waals surface area contributed by atoms with E-state index in [1.165, 1.54) is 25.1 Å². The van der Waals surface area contributed by atoms with Gasteiger partial charge in [0.05, 0.1) is 4.92 Å². The molecule has 0 fully saturated rings. The summed E-state index contributed by atoms with van der Waals surface area (Å²) < 4.78 is 4.92. The summed E-state index contributed by atoms with van der Waals surface area (Å²) >= 11 is 0. The lowest BCUT2D eigenvalue weighted by Gasteiger charge is -2.29. The van der Waals surface area contributed by atoms with Crippen molar-refractivity contribution in [2.24, 2.45) is 0 Å². The molecule has 0 radical (unpaired) electrons. The normalized spacial score (nSPS) is 10.5. The van der Waals surface area contributed by atoms with E-state index in [2.05, 4.69) is 29.4 Å². The summed E-state index contributed by atoms with van der Waals surface area (Å²) in [5.41, 5.74) is 2.94. The summed E-state index contributed by atoms with van der Waals surface area (Å²) in [7, 11) is 0. The van der Waals surface area contributed by atoms with E-state index in [1.54, 1.807) is 12.1 Å². The van der Waals surface area contributed by atoms with Crippen molar-refractivity contribution in [2.45, 2.75) is 26.8 Å². The highest BCUT2D eigenvalue weighted by Crippen LogP contribution is 2.28. The molecule has 3 aromatic rings. The van der Waals surface area contributed by atoms with E-state index in [1.807, 2.05) is 42.5 Å². The fourth-order valence-electron chi connectivity index (χ4n) is 3.69. The number of nitrogens with one attached hydrogen (secondary N) is 2. The molecule has 0 saturated heterocycles. The number of rotatable bonds is 10. The van der Waals surface area contributed by atoms with E-state index in [0.29, 0.717) is 11.3 Å². The molecule has 10 nitrogen and oxygen atoms in total. The first-order valence-corrected chi connectivity index (χ1v) is 11.6. The highest BCUT2D eigenvalue weighted by Gasteiger charge is 2.16. The molecule has 0 aliphatic carbocycles. The van der Waals surface area contributed by atoms with Crippen molar-refractivity contribution in [1.29, 1.82) is 0 Å². The van der Waals surface area contributed by atoms with Gasteiger partial charge in [0.15, 0.2) is 6.61 Å². The number of benzene rings is 3. The zero-order valence-electron chi connectivity index (χ0n) is 20.8. The van der Waals surface area contributed by atoms with Crippen LogP contribution in [-0.2, 0) is 14.3 Å². The van der Waals surface area contributed by atoms with Crippen molar-refractivity contribution < 1.29 is 24.0 Å². The SMILES string of the molecule is Cc1cc(C(=O)NCC(=O)OCC(=O)Nc2ccc(N(c3ccccc3)C(C)C)cc2)ccc1[N+](=O)[O-]. The van der Waals surface area contributed by atoms with Crippen molar-refractivity contribution in [3.8, 4) is 0 Å². The molecule has 0 aromatic heterocycles. The van der Waals surface area contributed by atoms with Gasteiger partial charge in [-0.1, -0.05) is 18.2 Å². The molecule has 0 bridgehead atoms. The molecule has 0 heterocycles. The van der Waals surface area contributed by atoms with Crippen molar-refractivity contribution in [3.63, 3.8) is 0 Å². The van der Waals surface area contributed by atoms with E-state index in [-0.39, 0.29) is 17.3 Å². The van der Waals surface area contributed by atoms with E-state index in [0.717, 1.165) is 11.4 Å². The number of amides is 2. The fourth-order valence-corrected chi connectivity index (χ4v) is 3.69. The quantitative estimate of drug-likeness (QED) is 0.238. The predicted molar refractivity (Wildman–Crippen MR) is 140 cm³/mol. The Morgan fingerprint density at radius 1 is 0.973 bits per heavy atom. The number of nitro benzene ring substituents is 1. The minimum atomic E-state index is -0.798. The lowest BCUT2D eigenvalue weighted by Crippen LogP contribution is -2.32. The van der Waals surface area contributed by atoms with Crippen LogP contribution in [0, 0.1) is 17.0 Å². The van der Waals surface area contributed by atoms with Crippen LogP contribution in [-0.4, -0.2) is 41.9 Å². The fraction of sp³-hybridized carbons (Fsp3) is 0.222. The molecule has 2 N–H and O–H groups in total. The summed E-state index contributed by atoms with van der Waals surface area (Å²) in [4.78, 5) is 48.9. The number of nitrogens with zero attached hydrogens (tertiary/aromatic N) is 2. The van der Waals surface area contributed by atoms with E-state index < -0.39 is 35.9 Å². The third-order valence-electron chi connectivity index (χ3n) is 5.39. The van der Waals surface area contributed by atoms with Gasteiger partial charge in [0.2, 0.25) is 0 Å². The molecule has 192 valence electrons. The van der Waals surface area contributed by atoms with Crippen molar-refractivity contribution in [3.05, 3.63) is 94.0 Å². The minimum absolute atomic E-state index is 0.106. The van der Waals surface area contributed by atoms with Gasteiger partial charge < -0.3 is 20.3 Å². The lowest BCUT2D eigenvalue weighted by atomic mass is 10.1. The molecule has 2 amide bonds. The number of aryl methyl sites for hydroxylation is 1. The van der Waals surface area contributed by atoms with Gasteiger partial charge in [-0.25, -0.2) is 0 Å². The third-order valence-corrected chi connectivity index (χ3v) is 5.39. The Morgan fingerprint density at radius 2 is 1.62 bits per heavy atom. The topological polar surface area (TPSA) is 131 Å². The number of ether oxygens (including phenoxy) is 1. The molecule has 0 atom stereocenters. The number of para-hydroxylation sites is 1. The molecular formula is C27H28N4O6. The molecule has 3 rings (SSSR count). The second kappa shape index (κ2) is 12.3. The number of hydrogen-bond donors (Lipinski definition) is 2. The van der Waals surface area contributed by atoms with Crippen molar-refractivity contribution >= 4 is 40.5 Å². The Balaban J connectivity index is 1.47. The molecule has 0 saturated carbocycles. The molecule has 10 heteroatoms. The van der Waals surface area contributed by atoms with Gasteiger partial charge in [-0.2, -0.15) is 0 Å². The Kier molecular flexibility index (Phi) is 8.93. The molecule has 0 unspecified atom stereocenters. The first-order valence-electron chi connectivity index (χ1n) is 11.6. The first-order chi connectivity index (χ1) is 17.7. The van der Waals surface area contributed by atoms with E-state index >= 15 is 0 Å². The van der Waals surface area contributed by atoms with Gasteiger partial charge in [-0.15, -0.1) is 0 Å². The predicted octanol–water partition coefficient (Wildman–Crippen LogP) is 4.36. The van der Waals surface area contributed by atoms with Gasteiger partial charge >= 0.3 is 5.97 Å². The summed E-state index contributed by atoms with van der Waals surface area (Å²) in [6, 6.07) is 21.4. The molecule has 3 aromatic carbocycles. The summed E-state index contributed by atoms with van der Waals surface area (Å²) in [6.45, 7) is 4.72. The van der Waals surface area contributed by atoms with Crippen LogP contribution in [0.5, 0.6) is 0 Å². The molecule has 37 heavy (non-hydrogen) atoms. The van der Waals surface area contributed by atoms with Gasteiger partial charge in [0.1, 0.15) is 6.54 Å². The number of hydrogen-bond acceptors (Lipinski definition) is 7. The molecular weight excluding hydrogens is 476 g/mol. The number of carbonyl (C=O) groups excluding carboxylic acids is 3.